The summed E-state index contributed by atoms with van der Waals surface area (Å²) in [5, 5.41) is 15.9. The molecular weight excluding hydrogens is 360 g/mol. The van der Waals surface area contributed by atoms with Crippen LogP contribution in [0.3, 0.4) is 0 Å². The molecule has 0 amide bonds. The van der Waals surface area contributed by atoms with Gasteiger partial charge in [0.15, 0.2) is 5.75 Å². The lowest BCUT2D eigenvalue weighted by atomic mass is 9.98. The van der Waals surface area contributed by atoms with E-state index in [-0.39, 0.29) is 17.2 Å². The van der Waals surface area contributed by atoms with E-state index in [0.29, 0.717) is 29.2 Å². The van der Waals surface area contributed by atoms with E-state index in [9.17, 15) is 9.90 Å². The van der Waals surface area contributed by atoms with E-state index in [1.165, 1.54) is 4.68 Å². The zero-order chi connectivity index (χ0) is 19.6. The van der Waals surface area contributed by atoms with Crippen molar-refractivity contribution in [3.8, 4) is 16.9 Å². The van der Waals surface area contributed by atoms with Gasteiger partial charge in [-0.3, -0.25) is 4.79 Å². The summed E-state index contributed by atoms with van der Waals surface area (Å²) in [4.78, 5) is 13.1. The minimum Gasteiger partial charge on any atom is -0.505 e. The van der Waals surface area contributed by atoms with Crippen LogP contribution in [0.25, 0.3) is 11.1 Å². The van der Waals surface area contributed by atoms with Crippen LogP contribution in [-0.2, 0) is 13.0 Å². The second-order valence-corrected chi connectivity index (χ2v) is 7.42. The molecule has 0 spiro atoms. The lowest BCUT2D eigenvalue weighted by Gasteiger charge is -2.16. The molecule has 0 saturated carbocycles. The predicted octanol–water partition coefficient (Wildman–Crippen LogP) is 4.94. The summed E-state index contributed by atoms with van der Waals surface area (Å²) in [6.07, 6.45) is 0.652. The van der Waals surface area contributed by atoms with Gasteiger partial charge in [-0.25, -0.2) is 4.68 Å². The van der Waals surface area contributed by atoms with Crippen molar-refractivity contribution in [3.63, 3.8) is 0 Å². The molecule has 27 heavy (non-hydrogen) atoms. The number of aromatic nitrogens is 2. The van der Waals surface area contributed by atoms with E-state index in [2.05, 4.69) is 5.10 Å². The summed E-state index contributed by atoms with van der Waals surface area (Å²) in [5.74, 6) is -0.0257. The molecule has 0 fully saturated rings. The van der Waals surface area contributed by atoms with Crippen molar-refractivity contribution in [2.45, 2.75) is 39.7 Å². The van der Waals surface area contributed by atoms with E-state index >= 15 is 0 Å². The maximum Gasteiger partial charge on any atom is 0.278 e. The van der Waals surface area contributed by atoms with Crippen LogP contribution in [0.1, 0.15) is 36.6 Å². The molecule has 0 saturated heterocycles. The molecule has 3 aromatic rings. The number of benzene rings is 2. The highest BCUT2D eigenvalue weighted by molar-refractivity contribution is 6.30. The molecule has 1 aromatic heterocycles. The monoisotopic (exact) mass is 382 g/mol. The van der Waals surface area contributed by atoms with Gasteiger partial charge in [-0.2, -0.15) is 5.10 Å². The Kier molecular flexibility index (Phi) is 5.66. The van der Waals surface area contributed by atoms with Crippen molar-refractivity contribution in [2.75, 3.05) is 0 Å². The zero-order valence-corrected chi connectivity index (χ0v) is 16.5. The molecule has 0 aliphatic heterocycles. The molecule has 5 heteroatoms. The van der Waals surface area contributed by atoms with Crippen molar-refractivity contribution in [2.24, 2.45) is 0 Å². The van der Waals surface area contributed by atoms with Crippen LogP contribution in [-0.4, -0.2) is 14.9 Å². The van der Waals surface area contributed by atoms with Crippen LogP contribution < -0.4 is 5.56 Å². The smallest absolute Gasteiger partial charge is 0.278 e. The molecule has 0 unspecified atom stereocenters. The Balaban J connectivity index is 2.07. The number of aryl methyl sites for hydroxylation is 3. The first-order chi connectivity index (χ1) is 12.9. The van der Waals surface area contributed by atoms with E-state index in [1.807, 2.05) is 69.3 Å². The van der Waals surface area contributed by atoms with E-state index < -0.39 is 0 Å². The fraction of sp³-hybridized carbons (Fsp3) is 0.273. The Hall–Kier alpha value is -2.59. The van der Waals surface area contributed by atoms with Crippen molar-refractivity contribution in [1.29, 1.82) is 0 Å². The van der Waals surface area contributed by atoms with Gasteiger partial charge in [-0.05, 0) is 42.2 Å². The van der Waals surface area contributed by atoms with Crippen molar-refractivity contribution >= 4 is 11.6 Å². The van der Waals surface area contributed by atoms with Crippen LogP contribution in [0.15, 0.2) is 53.3 Å². The van der Waals surface area contributed by atoms with E-state index in [1.54, 1.807) is 0 Å². The number of hydrogen-bond donors (Lipinski definition) is 1. The summed E-state index contributed by atoms with van der Waals surface area (Å²) < 4.78 is 1.46. The average Bonchev–Trinajstić information content (AvgIpc) is 2.64. The Morgan fingerprint density at radius 3 is 2.41 bits per heavy atom. The highest BCUT2D eigenvalue weighted by Gasteiger charge is 2.21. The third-order valence-electron chi connectivity index (χ3n) is 4.64. The topological polar surface area (TPSA) is 55.1 Å². The molecular formula is C22H23ClN2O2. The molecule has 0 aliphatic carbocycles. The largest absolute Gasteiger partial charge is 0.505 e. The van der Waals surface area contributed by atoms with Crippen molar-refractivity contribution in [3.05, 3.63) is 80.7 Å². The maximum atomic E-state index is 13.1. The molecule has 0 aliphatic rings. The van der Waals surface area contributed by atoms with Gasteiger partial charge in [-0.15, -0.1) is 0 Å². The normalized spacial score (nSPS) is 11.1. The lowest BCUT2D eigenvalue weighted by molar-refractivity contribution is 0.443. The van der Waals surface area contributed by atoms with Crippen molar-refractivity contribution < 1.29 is 5.11 Å². The van der Waals surface area contributed by atoms with Gasteiger partial charge in [0.25, 0.3) is 5.56 Å². The van der Waals surface area contributed by atoms with Crippen LogP contribution in [0.4, 0.5) is 0 Å². The average molecular weight is 383 g/mol. The van der Waals surface area contributed by atoms with Gasteiger partial charge < -0.3 is 5.11 Å². The third-order valence-corrected chi connectivity index (χ3v) is 4.89. The fourth-order valence-corrected chi connectivity index (χ4v) is 3.23. The lowest BCUT2D eigenvalue weighted by Crippen LogP contribution is -2.27. The molecule has 0 radical (unpaired) electrons. The minimum absolute atomic E-state index is 0.00449. The third kappa shape index (κ3) is 4.06. The van der Waals surface area contributed by atoms with Crippen LogP contribution in [0.5, 0.6) is 5.75 Å². The molecule has 3 rings (SSSR count). The fourth-order valence-electron chi connectivity index (χ4n) is 3.10. The Labute approximate surface area is 164 Å². The first-order valence-electron chi connectivity index (χ1n) is 9.03. The van der Waals surface area contributed by atoms with Crippen LogP contribution in [0.2, 0.25) is 5.02 Å². The maximum absolute atomic E-state index is 13.1. The van der Waals surface area contributed by atoms with Crippen LogP contribution in [0, 0.1) is 6.92 Å². The summed E-state index contributed by atoms with van der Waals surface area (Å²) in [7, 11) is 0. The second kappa shape index (κ2) is 7.97. The van der Waals surface area contributed by atoms with Gasteiger partial charge in [-0.1, -0.05) is 61.8 Å². The molecule has 2 aromatic carbocycles. The van der Waals surface area contributed by atoms with Gasteiger partial charge >= 0.3 is 0 Å². The highest BCUT2D eigenvalue weighted by atomic mass is 35.5. The number of halogens is 1. The zero-order valence-electron chi connectivity index (χ0n) is 15.7. The van der Waals surface area contributed by atoms with Crippen molar-refractivity contribution in [1.82, 2.24) is 9.78 Å². The molecule has 1 N–H and O–H groups in total. The molecule has 4 nitrogen and oxygen atoms in total. The first kappa shape index (κ1) is 19.2. The standard InChI is InChI=1S/C22H23ClN2O2/c1-14(2)20-21(26)19(18-7-5-4-6-15(18)3)22(27)25(24-20)13-12-16-8-10-17(23)11-9-16/h4-11,14,26H,12-13H2,1-3H3. The molecule has 0 atom stereocenters. The Morgan fingerprint density at radius 2 is 1.78 bits per heavy atom. The van der Waals surface area contributed by atoms with Gasteiger partial charge in [0.1, 0.15) is 5.69 Å². The second-order valence-electron chi connectivity index (χ2n) is 6.98. The highest BCUT2D eigenvalue weighted by Crippen LogP contribution is 2.33. The summed E-state index contributed by atoms with van der Waals surface area (Å²) in [6, 6.07) is 15.1. The molecule has 140 valence electrons. The van der Waals surface area contributed by atoms with Gasteiger partial charge in [0, 0.05) is 17.5 Å². The van der Waals surface area contributed by atoms with Gasteiger partial charge in [0.05, 0.1) is 5.56 Å². The number of rotatable bonds is 5. The van der Waals surface area contributed by atoms with E-state index in [0.717, 1.165) is 16.7 Å². The summed E-state index contributed by atoms with van der Waals surface area (Å²) in [6.45, 7) is 6.27. The summed E-state index contributed by atoms with van der Waals surface area (Å²) in [5.41, 5.74) is 3.33. The predicted molar refractivity (Wildman–Crippen MR) is 110 cm³/mol. The Bertz CT molecular complexity index is 1010. The number of aromatic hydroxyl groups is 1. The van der Waals surface area contributed by atoms with Crippen LogP contribution >= 0.6 is 11.6 Å². The Morgan fingerprint density at radius 1 is 1.11 bits per heavy atom. The number of nitrogens with zero attached hydrogens (tertiary/aromatic N) is 2. The quantitative estimate of drug-likeness (QED) is 0.679. The molecule has 1 heterocycles. The number of hydrogen-bond acceptors (Lipinski definition) is 3. The van der Waals surface area contributed by atoms with Gasteiger partial charge in [0.2, 0.25) is 0 Å². The van der Waals surface area contributed by atoms with E-state index in [4.69, 9.17) is 11.6 Å². The molecule has 0 bridgehead atoms. The summed E-state index contributed by atoms with van der Waals surface area (Å²) >= 11 is 5.94. The minimum atomic E-state index is -0.278. The SMILES string of the molecule is Cc1ccccc1-c1c(O)c(C(C)C)nn(CCc2ccc(Cl)cc2)c1=O. The first-order valence-corrected chi connectivity index (χ1v) is 9.40.